The van der Waals surface area contributed by atoms with Crippen LogP contribution in [0, 0.1) is 5.95 Å². The molecule has 2 aliphatic heterocycles. The molecule has 1 unspecified atom stereocenters. The molecule has 0 radical (unpaired) electrons. The Balaban J connectivity index is 1.66. The second-order valence-corrected chi connectivity index (χ2v) is 7.52. The lowest BCUT2D eigenvalue weighted by molar-refractivity contribution is -0.136. The van der Waals surface area contributed by atoms with Crippen molar-refractivity contribution in [3.05, 3.63) is 18.1 Å². The van der Waals surface area contributed by atoms with E-state index in [0.29, 0.717) is 38.0 Å². The number of hydrogen-bond donors (Lipinski definition) is 0. The van der Waals surface area contributed by atoms with Gasteiger partial charge in [0.1, 0.15) is 6.61 Å². The van der Waals surface area contributed by atoms with Gasteiger partial charge >= 0.3 is 0 Å². The number of hydrogen-bond acceptors (Lipinski definition) is 5. The summed E-state index contributed by atoms with van der Waals surface area (Å²) in [5.41, 5.74) is 0.671. The van der Waals surface area contributed by atoms with Crippen molar-refractivity contribution in [2.45, 2.75) is 44.9 Å². The van der Waals surface area contributed by atoms with Gasteiger partial charge in [0.05, 0.1) is 0 Å². The fourth-order valence-electron chi connectivity index (χ4n) is 3.86. The van der Waals surface area contributed by atoms with E-state index in [-0.39, 0.29) is 11.9 Å². The number of halogens is 2. The first kappa shape index (κ1) is 19.8. The van der Waals surface area contributed by atoms with Gasteiger partial charge < -0.3 is 19.4 Å². The van der Waals surface area contributed by atoms with Gasteiger partial charge in [-0.1, -0.05) is 0 Å². The minimum atomic E-state index is -1.50. The molecule has 2 fully saturated rings. The molecule has 0 saturated carbocycles. The van der Waals surface area contributed by atoms with Crippen LogP contribution in [0.5, 0.6) is 5.88 Å². The molecule has 27 heavy (non-hydrogen) atoms. The molecule has 2 aliphatic rings. The van der Waals surface area contributed by atoms with Crippen molar-refractivity contribution in [2.24, 2.45) is 0 Å². The molecule has 0 N–H and O–H groups in total. The molecular formula is C19H28F2N4O2. The molecule has 6 nitrogen and oxygen atoms in total. The molecule has 3 rings (SSSR count). The van der Waals surface area contributed by atoms with Crippen molar-refractivity contribution >= 4 is 11.6 Å². The van der Waals surface area contributed by atoms with E-state index in [4.69, 9.17) is 4.74 Å². The molecule has 8 heteroatoms. The van der Waals surface area contributed by atoms with Crippen molar-refractivity contribution in [1.29, 1.82) is 0 Å². The van der Waals surface area contributed by atoms with Crippen LogP contribution in [0.25, 0.3) is 0 Å². The predicted octanol–water partition coefficient (Wildman–Crippen LogP) is 2.09. The largest absolute Gasteiger partial charge is 0.476 e. The van der Waals surface area contributed by atoms with Crippen LogP contribution in [0.15, 0.2) is 12.1 Å². The van der Waals surface area contributed by atoms with Crippen molar-refractivity contribution in [1.82, 2.24) is 14.8 Å². The van der Waals surface area contributed by atoms with E-state index in [0.717, 1.165) is 19.4 Å². The van der Waals surface area contributed by atoms with Gasteiger partial charge in [-0.05, 0) is 40.3 Å². The van der Waals surface area contributed by atoms with Crippen LogP contribution in [-0.4, -0.2) is 78.8 Å². The number of alkyl halides is 1. The molecule has 1 amide bonds. The lowest BCUT2D eigenvalue weighted by Gasteiger charge is -2.41. The third-order valence-electron chi connectivity index (χ3n) is 5.46. The third kappa shape index (κ3) is 4.66. The van der Waals surface area contributed by atoms with Crippen molar-refractivity contribution in [3.63, 3.8) is 0 Å². The van der Waals surface area contributed by atoms with Crippen LogP contribution < -0.4 is 9.64 Å². The molecule has 0 aromatic carbocycles. The summed E-state index contributed by atoms with van der Waals surface area (Å²) >= 11 is 0. The normalized spacial score (nSPS) is 24.9. The highest BCUT2D eigenvalue weighted by Crippen LogP contribution is 2.26. The summed E-state index contributed by atoms with van der Waals surface area (Å²) in [7, 11) is 2.06. The SMILES string of the molecule is CC(F)C(=O)N1CCN(c2cc(F)nc(OC[C@@H]3CCCN3C)c2)[C@@H](C)C1. The molecule has 1 aromatic rings. The zero-order valence-electron chi connectivity index (χ0n) is 16.2. The number of amides is 1. The summed E-state index contributed by atoms with van der Waals surface area (Å²) in [4.78, 5) is 21.5. The van der Waals surface area contributed by atoms with Gasteiger partial charge in [0.15, 0.2) is 6.17 Å². The first-order valence-corrected chi connectivity index (χ1v) is 9.55. The smallest absolute Gasteiger partial charge is 0.256 e. The number of carbonyl (C=O) groups is 1. The fraction of sp³-hybridized carbons (Fsp3) is 0.684. The summed E-state index contributed by atoms with van der Waals surface area (Å²) in [6, 6.07) is 3.39. The van der Waals surface area contributed by atoms with Gasteiger partial charge in [-0.15, -0.1) is 0 Å². The van der Waals surface area contributed by atoms with Gasteiger partial charge in [-0.25, -0.2) is 4.39 Å². The van der Waals surface area contributed by atoms with Crippen LogP contribution in [0.4, 0.5) is 14.5 Å². The molecule has 0 aliphatic carbocycles. The van der Waals surface area contributed by atoms with Gasteiger partial charge in [0, 0.05) is 49.5 Å². The summed E-state index contributed by atoms with van der Waals surface area (Å²) in [6.45, 7) is 6.04. The number of piperazine rings is 1. The molecule has 3 atom stereocenters. The molecule has 0 bridgehead atoms. The zero-order valence-corrected chi connectivity index (χ0v) is 16.2. The maximum absolute atomic E-state index is 14.1. The second kappa shape index (κ2) is 8.37. The summed E-state index contributed by atoms with van der Waals surface area (Å²) < 4.78 is 33.1. The van der Waals surface area contributed by atoms with Gasteiger partial charge in [0.25, 0.3) is 5.91 Å². The number of anilines is 1. The van der Waals surface area contributed by atoms with Crippen LogP contribution in [0.1, 0.15) is 26.7 Å². The number of likely N-dealkylation sites (tertiary alicyclic amines) is 1. The molecule has 3 heterocycles. The minimum absolute atomic E-state index is 0.0583. The Morgan fingerprint density at radius 3 is 2.78 bits per heavy atom. The molecular weight excluding hydrogens is 354 g/mol. The number of pyridine rings is 1. The van der Waals surface area contributed by atoms with Crippen LogP contribution in [0.2, 0.25) is 0 Å². The van der Waals surface area contributed by atoms with E-state index in [9.17, 15) is 13.6 Å². The lowest BCUT2D eigenvalue weighted by atomic mass is 10.1. The van der Waals surface area contributed by atoms with Gasteiger partial charge in [-0.2, -0.15) is 9.37 Å². The van der Waals surface area contributed by atoms with Crippen molar-refractivity contribution in [2.75, 3.05) is 44.7 Å². The number of likely N-dealkylation sites (N-methyl/N-ethyl adjacent to an activating group) is 1. The molecule has 150 valence electrons. The maximum Gasteiger partial charge on any atom is 0.256 e. The average Bonchev–Trinajstić information content (AvgIpc) is 3.03. The number of carbonyl (C=O) groups excluding carboxylic acids is 1. The van der Waals surface area contributed by atoms with E-state index >= 15 is 0 Å². The van der Waals surface area contributed by atoms with Crippen molar-refractivity contribution in [3.8, 4) is 5.88 Å². The Bertz CT molecular complexity index is 673. The van der Waals surface area contributed by atoms with E-state index in [1.165, 1.54) is 17.9 Å². The second-order valence-electron chi connectivity index (χ2n) is 7.52. The quantitative estimate of drug-likeness (QED) is 0.730. The fourth-order valence-corrected chi connectivity index (χ4v) is 3.86. The van der Waals surface area contributed by atoms with Crippen LogP contribution in [0.3, 0.4) is 0 Å². The Labute approximate surface area is 159 Å². The highest BCUT2D eigenvalue weighted by Gasteiger charge is 2.30. The number of ether oxygens (including phenoxy) is 1. The van der Waals surface area contributed by atoms with E-state index in [1.54, 1.807) is 6.07 Å². The van der Waals surface area contributed by atoms with Crippen LogP contribution >= 0.6 is 0 Å². The molecule has 0 spiro atoms. The molecule has 1 aromatic heterocycles. The summed E-state index contributed by atoms with van der Waals surface area (Å²) in [5, 5.41) is 0. The number of rotatable bonds is 5. The maximum atomic E-state index is 14.1. The summed E-state index contributed by atoms with van der Waals surface area (Å²) in [6.07, 6.45) is 0.708. The lowest BCUT2D eigenvalue weighted by Crippen LogP contribution is -2.55. The van der Waals surface area contributed by atoms with E-state index in [2.05, 4.69) is 16.9 Å². The highest BCUT2D eigenvalue weighted by molar-refractivity contribution is 5.80. The van der Waals surface area contributed by atoms with Gasteiger partial charge in [-0.3, -0.25) is 4.79 Å². The van der Waals surface area contributed by atoms with Crippen molar-refractivity contribution < 1.29 is 18.3 Å². The third-order valence-corrected chi connectivity index (χ3v) is 5.46. The zero-order chi connectivity index (χ0) is 19.6. The first-order chi connectivity index (χ1) is 12.8. The Morgan fingerprint density at radius 2 is 2.15 bits per heavy atom. The minimum Gasteiger partial charge on any atom is -0.476 e. The van der Waals surface area contributed by atoms with Gasteiger partial charge in [0.2, 0.25) is 11.8 Å². The predicted molar refractivity (Wildman–Crippen MR) is 99.3 cm³/mol. The monoisotopic (exact) mass is 382 g/mol. The van der Waals surface area contributed by atoms with E-state index < -0.39 is 18.0 Å². The Kier molecular flexibility index (Phi) is 6.14. The number of aromatic nitrogens is 1. The average molecular weight is 382 g/mol. The molecule has 2 saturated heterocycles. The Morgan fingerprint density at radius 1 is 1.37 bits per heavy atom. The van der Waals surface area contributed by atoms with E-state index in [1.807, 2.05) is 11.8 Å². The summed E-state index contributed by atoms with van der Waals surface area (Å²) in [5.74, 6) is -0.814. The topological polar surface area (TPSA) is 48.9 Å². The standard InChI is InChI=1S/C19H28F2N4O2/c1-13-11-24(19(26)14(2)20)7-8-25(13)16-9-17(21)22-18(10-16)27-12-15-5-4-6-23(15)3/h9-10,13-15H,4-8,11-12H2,1-3H3/t13-,14?,15-/m0/s1. The Hall–Kier alpha value is -1.96. The number of nitrogens with zero attached hydrogens (tertiary/aromatic N) is 4. The first-order valence-electron chi connectivity index (χ1n) is 9.55. The van der Waals surface area contributed by atoms with Crippen LogP contribution in [-0.2, 0) is 4.79 Å². The highest BCUT2D eigenvalue weighted by atomic mass is 19.1.